The number of carbonyl (C=O) groups excluding carboxylic acids is 1. The third kappa shape index (κ3) is 2.56. The summed E-state index contributed by atoms with van der Waals surface area (Å²) in [5.74, 6) is 0.0385. The summed E-state index contributed by atoms with van der Waals surface area (Å²) in [7, 11) is 0. The van der Waals surface area contributed by atoms with Gasteiger partial charge in [0.1, 0.15) is 0 Å². The van der Waals surface area contributed by atoms with Crippen LogP contribution in [0.25, 0.3) is 0 Å². The number of carbonyl (C=O) groups is 1. The number of nitrogens with zero attached hydrogens (tertiary/aromatic N) is 1. The molecule has 1 aliphatic rings. The van der Waals surface area contributed by atoms with Crippen molar-refractivity contribution in [3.63, 3.8) is 0 Å². The molecule has 1 unspecified atom stereocenters. The highest BCUT2D eigenvalue weighted by molar-refractivity contribution is 5.88. The van der Waals surface area contributed by atoms with Gasteiger partial charge in [-0.05, 0) is 26.7 Å². The minimum atomic E-state index is 0.0385. The molecular weight excluding hydrogens is 166 g/mol. The number of rotatable bonds is 2. The van der Waals surface area contributed by atoms with E-state index >= 15 is 0 Å². The van der Waals surface area contributed by atoms with Gasteiger partial charge in [-0.15, -0.1) is 0 Å². The fourth-order valence-corrected chi connectivity index (χ4v) is 1.65. The number of hydrogen-bond acceptors (Lipinski definition) is 2. The second-order valence-corrected chi connectivity index (χ2v) is 3.73. The van der Waals surface area contributed by atoms with Crippen molar-refractivity contribution in [2.24, 2.45) is 0 Å². The molecule has 1 aliphatic heterocycles. The summed E-state index contributed by atoms with van der Waals surface area (Å²) in [6, 6.07) is 0.0445. The number of allylic oxidation sites excluding steroid dienone is 1. The molecule has 1 fully saturated rings. The van der Waals surface area contributed by atoms with E-state index in [-0.39, 0.29) is 18.6 Å². The number of aliphatic hydroxyl groups is 1. The average molecular weight is 183 g/mol. The van der Waals surface area contributed by atoms with E-state index in [1.165, 1.54) is 0 Å². The largest absolute Gasteiger partial charge is 0.394 e. The molecule has 1 rings (SSSR count). The normalized spacial score (nSPS) is 21.8. The SMILES string of the molecule is CC(C)=CC(=O)N1CCCC1CO. The van der Waals surface area contributed by atoms with Crippen molar-refractivity contribution in [2.45, 2.75) is 32.7 Å². The van der Waals surface area contributed by atoms with Crippen LogP contribution in [-0.2, 0) is 4.79 Å². The van der Waals surface area contributed by atoms with E-state index in [2.05, 4.69) is 0 Å². The quantitative estimate of drug-likeness (QED) is 0.647. The Bertz CT molecular complexity index is 219. The standard InChI is InChI=1S/C10H17NO2/c1-8(2)6-10(13)11-5-3-4-9(11)7-12/h6,9,12H,3-5,7H2,1-2H3. The van der Waals surface area contributed by atoms with Crippen LogP contribution in [0, 0.1) is 0 Å². The molecule has 1 amide bonds. The summed E-state index contributed by atoms with van der Waals surface area (Å²) in [5, 5.41) is 9.00. The first kappa shape index (κ1) is 10.3. The van der Waals surface area contributed by atoms with Crippen molar-refractivity contribution in [3.8, 4) is 0 Å². The lowest BCUT2D eigenvalue weighted by atomic mass is 10.2. The van der Waals surface area contributed by atoms with E-state index in [4.69, 9.17) is 5.11 Å². The lowest BCUT2D eigenvalue weighted by Crippen LogP contribution is -2.36. The zero-order valence-corrected chi connectivity index (χ0v) is 8.29. The summed E-state index contributed by atoms with van der Waals surface area (Å²) >= 11 is 0. The Morgan fingerprint density at radius 2 is 2.31 bits per heavy atom. The third-order valence-corrected chi connectivity index (χ3v) is 2.28. The van der Waals surface area contributed by atoms with Crippen LogP contribution in [0.5, 0.6) is 0 Å². The van der Waals surface area contributed by atoms with E-state index in [0.717, 1.165) is 25.0 Å². The predicted molar refractivity (Wildman–Crippen MR) is 51.3 cm³/mol. The molecular formula is C10H17NO2. The van der Waals surface area contributed by atoms with E-state index in [1.54, 1.807) is 11.0 Å². The molecule has 74 valence electrons. The maximum atomic E-state index is 11.6. The van der Waals surface area contributed by atoms with Gasteiger partial charge in [-0.25, -0.2) is 0 Å². The second kappa shape index (κ2) is 4.42. The molecule has 13 heavy (non-hydrogen) atoms. The summed E-state index contributed by atoms with van der Waals surface area (Å²) in [5.41, 5.74) is 1.01. The van der Waals surface area contributed by atoms with Crippen LogP contribution in [0.3, 0.4) is 0 Å². The first-order valence-electron chi connectivity index (χ1n) is 4.71. The molecule has 3 nitrogen and oxygen atoms in total. The molecule has 0 spiro atoms. The fraction of sp³-hybridized carbons (Fsp3) is 0.700. The van der Waals surface area contributed by atoms with Crippen molar-refractivity contribution in [1.29, 1.82) is 0 Å². The summed E-state index contributed by atoms with van der Waals surface area (Å²) in [6.45, 7) is 4.68. The van der Waals surface area contributed by atoms with Crippen LogP contribution in [0.4, 0.5) is 0 Å². The summed E-state index contributed by atoms with van der Waals surface area (Å²) in [6.07, 6.45) is 3.57. The lowest BCUT2D eigenvalue weighted by Gasteiger charge is -2.21. The maximum absolute atomic E-state index is 11.6. The van der Waals surface area contributed by atoms with Gasteiger partial charge in [0.2, 0.25) is 5.91 Å². The van der Waals surface area contributed by atoms with E-state index in [1.807, 2.05) is 13.8 Å². The van der Waals surface area contributed by atoms with Crippen molar-refractivity contribution in [2.75, 3.05) is 13.2 Å². The first-order valence-corrected chi connectivity index (χ1v) is 4.71. The van der Waals surface area contributed by atoms with Crippen molar-refractivity contribution >= 4 is 5.91 Å². The third-order valence-electron chi connectivity index (χ3n) is 2.28. The van der Waals surface area contributed by atoms with E-state index < -0.39 is 0 Å². The highest BCUT2D eigenvalue weighted by atomic mass is 16.3. The molecule has 3 heteroatoms. The van der Waals surface area contributed by atoms with Crippen molar-refractivity contribution in [3.05, 3.63) is 11.6 Å². The molecule has 0 aromatic rings. The molecule has 0 radical (unpaired) electrons. The Morgan fingerprint density at radius 3 is 2.85 bits per heavy atom. The van der Waals surface area contributed by atoms with Gasteiger partial charge in [0.15, 0.2) is 0 Å². The molecule has 1 saturated heterocycles. The van der Waals surface area contributed by atoms with Gasteiger partial charge in [-0.3, -0.25) is 4.79 Å². The highest BCUT2D eigenvalue weighted by Gasteiger charge is 2.26. The minimum absolute atomic E-state index is 0.0385. The molecule has 0 aliphatic carbocycles. The molecule has 0 bridgehead atoms. The Labute approximate surface area is 79.0 Å². The molecule has 1 atom stereocenters. The zero-order chi connectivity index (χ0) is 9.84. The lowest BCUT2D eigenvalue weighted by molar-refractivity contribution is -0.127. The minimum Gasteiger partial charge on any atom is -0.394 e. The van der Waals surface area contributed by atoms with Gasteiger partial charge in [0.25, 0.3) is 0 Å². The van der Waals surface area contributed by atoms with Gasteiger partial charge in [-0.1, -0.05) is 5.57 Å². The summed E-state index contributed by atoms with van der Waals surface area (Å²) in [4.78, 5) is 13.3. The van der Waals surface area contributed by atoms with E-state index in [0.29, 0.717) is 0 Å². The monoisotopic (exact) mass is 183 g/mol. The van der Waals surface area contributed by atoms with Crippen molar-refractivity contribution < 1.29 is 9.90 Å². The fourth-order valence-electron chi connectivity index (χ4n) is 1.65. The van der Waals surface area contributed by atoms with Gasteiger partial charge in [0, 0.05) is 12.6 Å². The Kier molecular flexibility index (Phi) is 3.48. The summed E-state index contributed by atoms with van der Waals surface area (Å²) < 4.78 is 0. The molecule has 1 heterocycles. The van der Waals surface area contributed by atoms with Crippen LogP contribution >= 0.6 is 0 Å². The molecule has 0 aromatic heterocycles. The van der Waals surface area contributed by atoms with Gasteiger partial charge < -0.3 is 10.0 Å². The number of amides is 1. The van der Waals surface area contributed by atoms with Crippen LogP contribution in [0.15, 0.2) is 11.6 Å². The molecule has 1 N–H and O–H groups in total. The molecule has 0 aromatic carbocycles. The van der Waals surface area contributed by atoms with Gasteiger partial charge in [-0.2, -0.15) is 0 Å². The van der Waals surface area contributed by atoms with Crippen molar-refractivity contribution in [1.82, 2.24) is 4.90 Å². The number of hydrogen-bond donors (Lipinski definition) is 1. The topological polar surface area (TPSA) is 40.5 Å². The highest BCUT2D eigenvalue weighted by Crippen LogP contribution is 2.17. The predicted octanol–water partition coefficient (Wildman–Crippen LogP) is 0.936. The van der Waals surface area contributed by atoms with Crippen LogP contribution in [0.2, 0.25) is 0 Å². The average Bonchev–Trinajstić information content (AvgIpc) is 2.49. The number of likely N-dealkylation sites (tertiary alicyclic amines) is 1. The van der Waals surface area contributed by atoms with Gasteiger partial charge >= 0.3 is 0 Å². The second-order valence-electron chi connectivity index (χ2n) is 3.73. The Balaban J connectivity index is 2.60. The van der Waals surface area contributed by atoms with Crippen LogP contribution in [-0.4, -0.2) is 35.1 Å². The van der Waals surface area contributed by atoms with Crippen LogP contribution < -0.4 is 0 Å². The first-order chi connectivity index (χ1) is 6.15. The smallest absolute Gasteiger partial charge is 0.246 e. The Morgan fingerprint density at radius 1 is 1.62 bits per heavy atom. The van der Waals surface area contributed by atoms with E-state index in [9.17, 15) is 4.79 Å². The molecule has 0 saturated carbocycles. The van der Waals surface area contributed by atoms with Gasteiger partial charge in [0.05, 0.1) is 12.6 Å². The van der Waals surface area contributed by atoms with Crippen LogP contribution in [0.1, 0.15) is 26.7 Å². The Hall–Kier alpha value is -0.830. The zero-order valence-electron chi connectivity index (χ0n) is 8.29. The maximum Gasteiger partial charge on any atom is 0.246 e. The number of aliphatic hydroxyl groups excluding tert-OH is 1.